The molecule has 0 saturated carbocycles. The minimum absolute atomic E-state index is 0.208. The van der Waals surface area contributed by atoms with Crippen LogP contribution in [0.1, 0.15) is 0 Å². The molecular formula is C21H20FN3O5. The van der Waals surface area contributed by atoms with E-state index in [-0.39, 0.29) is 10.8 Å². The molecule has 30 heavy (non-hydrogen) atoms. The summed E-state index contributed by atoms with van der Waals surface area (Å²) in [7, 11) is 0. The number of benzene rings is 2. The second-order valence-corrected chi connectivity index (χ2v) is 6.17. The SMILES string of the molecule is [N-]=[N+]=NCCOCCOCCOc1ccc(-c2cc(=O)c3cc(F)ccc3o2)cc1. The normalized spacial score (nSPS) is 10.7. The van der Waals surface area contributed by atoms with Crippen LogP contribution < -0.4 is 10.2 Å². The molecule has 0 unspecified atom stereocenters. The molecule has 0 atom stereocenters. The van der Waals surface area contributed by atoms with E-state index in [1.807, 2.05) is 0 Å². The Morgan fingerprint density at radius 1 is 0.967 bits per heavy atom. The van der Waals surface area contributed by atoms with Gasteiger partial charge >= 0.3 is 0 Å². The Balaban J connectivity index is 1.46. The molecule has 3 rings (SSSR count). The highest BCUT2D eigenvalue weighted by atomic mass is 19.1. The van der Waals surface area contributed by atoms with Gasteiger partial charge in [-0.15, -0.1) is 0 Å². The van der Waals surface area contributed by atoms with Crippen molar-refractivity contribution in [2.45, 2.75) is 0 Å². The van der Waals surface area contributed by atoms with E-state index in [2.05, 4.69) is 10.0 Å². The molecule has 0 saturated heterocycles. The highest BCUT2D eigenvalue weighted by Crippen LogP contribution is 2.24. The largest absolute Gasteiger partial charge is 0.491 e. The fraction of sp³-hybridized carbons (Fsp3) is 0.286. The molecule has 0 aliphatic rings. The summed E-state index contributed by atoms with van der Waals surface area (Å²) in [6, 6.07) is 12.3. The van der Waals surface area contributed by atoms with Gasteiger partial charge in [0.25, 0.3) is 0 Å². The minimum Gasteiger partial charge on any atom is -0.491 e. The van der Waals surface area contributed by atoms with Crippen LogP contribution in [-0.4, -0.2) is 39.6 Å². The zero-order valence-electron chi connectivity index (χ0n) is 16.1. The molecule has 0 radical (unpaired) electrons. The maximum atomic E-state index is 13.3. The maximum Gasteiger partial charge on any atom is 0.193 e. The molecule has 0 bridgehead atoms. The van der Waals surface area contributed by atoms with Crippen molar-refractivity contribution in [3.63, 3.8) is 0 Å². The van der Waals surface area contributed by atoms with Crippen LogP contribution >= 0.6 is 0 Å². The zero-order chi connectivity index (χ0) is 21.2. The van der Waals surface area contributed by atoms with Crippen molar-refractivity contribution in [3.8, 4) is 17.1 Å². The number of hydrogen-bond acceptors (Lipinski definition) is 6. The van der Waals surface area contributed by atoms with Crippen molar-refractivity contribution in [1.29, 1.82) is 0 Å². The first kappa shape index (κ1) is 21.3. The van der Waals surface area contributed by atoms with Crippen molar-refractivity contribution in [1.82, 2.24) is 0 Å². The van der Waals surface area contributed by atoms with Gasteiger partial charge in [-0.05, 0) is 48.0 Å². The van der Waals surface area contributed by atoms with Crippen LogP contribution in [0.3, 0.4) is 0 Å². The summed E-state index contributed by atoms with van der Waals surface area (Å²) in [5.74, 6) is 0.568. The number of nitrogens with zero attached hydrogens (tertiary/aromatic N) is 3. The summed E-state index contributed by atoms with van der Waals surface area (Å²) >= 11 is 0. The summed E-state index contributed by atoms with van der Waals surface area (Å²) in [5, 5.41) is 3.57. The van der Waals surface area contributed by atoms with Crippen molar-refractivity contribution < 1.29 is 23.0 Å². The molecule has 0 aliphatic heterocycles. The molecule has 0 aliphatic carbocycles. The van der Waals surface area contributed by atoms with E-state index in [1.165, 1.54) is 24.3 Å². The number of azide groups is 1. The third kappa shape index (κ3) is 6.05. The number of fused-ring (bicyclic) bond motifs is 1. The fourth-order valence-electron chi connectivity index (χ4n) is 2.68. The second-order valence-electron chi connectivity index (χ2n) is 6.17. The first-order valence-electron chi connectivity index (χ1n) is 9.30. The highest BCUT2D eigenvalue weighted by molar-refractivity contribution is 5.78. The van der Waals surface area contributed by atoms with Gasteiger partial charge in [0.05, 0.1) is 31.8 Å². The van der Waals surface area contributed by atoms with Crippen molar-refractivity contribution in [2.24, 2.45) is 5.11 Å². The van der Waals surface area contributed by atoms with Gasteiger partial charge in [0, 0.05) is 23.1 Å². The van der Waals surface area contributed by atoms with E-state index < -0.39 is 5.82 Å². The van der Waals surface area contributed by atoms with Crippen molar-refractivity contribution in [3.05, 3.63) is 75.0 Å². The third-order valence-electron chi connectivity index (χ3n) is 4.10. The van der Waals surface area contributed by atoms with Crippen LogP contribution in [0.15, 0.2) is 62.9 Å². The molecule has 3 aromatic rings. The van der Waals surface area contributed by atoms with Gasteiger partial charge < -0.3 is 18.6 Å². The Morgan fingerprint density at radius 3 is 2.47 bits per heavy atom. The average molecular weight is 413 g/mol. The summed E-state index contributed by atoms with van der Waals surface area (Å²) in [6.07, 6.45) is 0. The molecule has 0 spiro atoms. The lowest BCUT2D eigenvalue weighted by Crippen LogP contribution is -2.11. The van der Waals surface area contributed by atoms with Crippen LogP contribution in [0.25, 0.3) is 32.7 Å². The Morgan fingerprint density at radius 2 is 1.70 bits per heavy atom. The number of hydrogen-bond donors (Lipinski definition) is 0. The minimum atomic E-state index is -0.481. The first-order chi connectivity index (χ1) is 14.7. The van der Waals surface area contributed by atoms with E-state index in [4.69, 9.17) is 24.2 Å². The zero-order valence-corrected chi connectivity index (χ0v) is 16.1. The van der Waals surface area contributed by atoms with Gasteiger partial charge in [-0.25, -0.2) is 4.39 Å². The summed E-state index contributed by atoms with van der Waals surface area (Å²) < 4.78 is 35.2. The van der Waals surface area contributed by atoms with E-state index in [0.29, 0.717) is 62.2 Å². The van der Waals surface area contributed by atoms with Gasteiger partial charge in [0.2, 0.25) is 0 Å². The summed E-state index contributed by atoms with van der Waals surface area (Å²) in [5.41, 5.74) is 8.87. The van der Waals surface area contributed by atoms with E-state index in [0.717, 1.165) is 0 Å². The van der Waals surface area contributed by atoms with Crippen LogP contribution in [0.5, 0.6) is 5.75 Å². The fourth-order valence-corrected chi connectivity index (χ4v) is 2.68. The summed E-state index contributed by atoms with van der Waals surface area (Å²) in [4.78, 5) is 14.8. The molecule has 8 nitrogen and oxygen atoms in total. The lowest BCUT2D eigenvalue weighted by atomic mass is 10.1. The van der Waals surface area contributed by atoms with E-state index in [1.54, 1.807) is 24.3 Å². The van der Waals surface area contributed by atoms with Crippen molar-refractivity contribution >= 4 is 11.0 Å². The second kappa shape index (κ2) is 11.0. The third-order valence-corrected chi connectivity index (χ3v) is 4.10. The maximum absolute atomic E-state index is 13.3. The van der Waals surface area contributed by atoms with Gasteiger partial charge in [0.1, 0.15) is 29.5 Å². The number of halogens is 1. The lowest BCUT2D eigenvalue weighted by Gasteiger charge is -2.08. The average Bonchev–Trinajstić information content (AvgIpc) is 2.76. The predicted molar refractivity (Wildman–Crippen MR) is 109 cm³/mol. The van der Waals surface area contributed by atoms with Crippen LogP contribution in [0, 0.1) is 5.82 Å². The van der Waals surface area contributed by atoms with Gasteiger partial charge in [-0.1, -0.05) is 5.11 Å². The Hall–Kier alpha value is -3.39. The molecule has 9 heteroatoms. The first-order valence-corrected chi connectivity index (χ1v) is 9.30. The Bertz CT molecular complexity index is 1080. The van der Waals surface area contributed by atoms with Gasteiger partial charge in [-0.2, -0.15) is 0 Å². The topological polar surface area (TPSA) is 107 Å². The Kier molecular flexibility index (Phi) is 7.79. The predicted octanol–water partition coefficient (Wildman–Crippen LogP) is 4.32. The molecule has 2 aromatic carbocycles. The van der Waals surface area contributed by atoms with Crippen LogP contribution in [0.2, 0.25) is 0 Å². The molecule has 1 heterocycles. The van der Waals surface area contributed by atoms with E-state index in [9.17, 15) is 9.18 Å². The molecule has 0 N–H and O–H groups in total. The van der Waals surface area contributed by atoms with Gasteiger partial charge in [-0.3, -0.25) is 4.79 Å². The molecular weight excluding hydrogens is 393 g/mol. The molecule has 1 aromatic heterocycles. The Labute approximate surface area is 171 Å². The van der Waals surface area contributed by atoms with Gasteiger partial charge in [0.15, 0.2) is 5.43 Å². The standard InChI is InChI=1S/C21H20FN3O5/c22-16-3-6-20-18(13-16)19(26)14-21(30-20)15-1-4-17(5-2-15)29-12-11-28-10-9-27-8-7-24-25-23/h1-6,13-14H,7-12H2. The number of ether oxygens (including phenoxy) is 3. The van der Waals surface area contributed by atoms with Crippen LogP contribution in [-0.2, 0) is 9.47 Å². The molecule has 0 fully saturated rings. The van der Waals surface area contributed by atoms with Crippen LogP contribution in [0.4, 0.5) is 4.39 Å². The highest BCUT2D eigenvalue weighted by Gasteiger charge is 2.08. The monoisotopic (exact) mass is 413 g/mol. The van der Waals surface area contributed by atoms with Crippen molar-refractivity contribution in [2.75, 3.05) is 39.6 Å². The summed E-state index contributed by atoms with van der Waals surface area (Å²) in [6.45, 7) is 2.27. The van der Waals surface area contributed by atoms with E-state index >= 15 is 0 Å². The quantitative estimate of drug-likeness (QED) is 0.201. The number of rotatable bonds is 11. The molecule has 0 amide bonds. The smallest absolute Gasteiger partial charge is 0.193 e. The lowest BCUT2D eigenvalue weighted by molar-refractivity contribution is 0.0388. The molecule has 156 valence electrons.